The van der Waals surface area contributed by atoms with E-state index in [0.29, 0.717) is 6.42 Å². The molecule has 0 saturated heterocycles. The number of aliphatic hydroxyl groups is 1. The van der Waals surface area contributed by atoms with E-state index in [-0.39, 0.29) is 18.6 Å². The fourth-order valence-electron chi connectivity index (χ4n) is 5.96. The quantitative estimate of drug-likeness (QED) is 0.125. The first kappa shape index (κ1) is 45.1. The first-order valence-corrected chi connectivity index (χ1v) is 18.8. The van der Waals surface area contributed by atoms with Crippen molar-refractivity contribution in [2.75, 3.05) is 7.11 Å². The van der Waals surface area contributed by atoms with Crippen LogP contribution in [0, 0.1) is 10.8 Å². The Labute approximate surface area is 330 Å². The van der Waals surface area contributed by atoms with E-state index < -0.39 is 70.7 Å². The Morgan fingerprint density at radius 3 is 1.73 bits per heavy atom. The smallest absolute Gasteiger partial charge is 0.408 e. The summed E-state index contributed by atoms with van der Waals surface area (Å²) in [6, 6.07) is 19.1. The summed E-state index contributed by atoms with van der Waals surface area (Å²) in [6.07, 6.45) is -0.660. The molecule has 3 aromatic rings. The van der Waals surface area contributed by atoms with E-state index >= 15 is 0 Å². The summed E-state index contributed by atoms with van der Waals surface area (Å²) in [5, 5.41) is 23.3. The van der Waals surface area contributed by atoms with Gasteiger partial charge in [0.2, 0.25) is 11.8 Å². The maximum atomic E-state index is 14.1. The van der Waals surface area contributed by atoms with Gasteiger partial charge in [-0.3, -0.25) is 19.4 Å². The number of nitrogens with one attached hydrogen (secondary N) is 4. The predicted molar refractivity (Wildman–Crippen MR) is 214 cm³/mol. The third kappa shape index (κ3) is 13.8. The maximum absolute atomic E-state index is 14.1. The Morgan fingerprint density at radius 1 is 0.679 bits per heavy atom. The second-order valence-corrected chi connectivity index (χ2v) is 16.8. The fourth-order valence-corrected chi connectivity index (χ4v) is 5.96. The number of pyridine rings is 1. The molecule has 0 radical (unpaired) electrons. The van der Waals surface area contributed by atoms with Crippen LogP contribution in [0.1, 0.15) is 79.9 Å². The number of methoxy groups -OCH3 is 1. The number of amides is 4. The Bertz CT molecular complexity index is 1770. The third-order valence-corrected chi connectivity index (χ3v) is 9.52. The number of aromatic nitrogens is 1. The molecule has 0 aliphatic heterocycles. The van der Waals surface area contributed by atoms with Gasteiger partial charge in [0.25, 0.3) is 0 Å². The van der Waals surface area contributed by atoms with Gasteiger partial charge in [0, 0.05) is 17.8 Å². The van der Waals surface area contributed by atoms with Crippen molar-refractivity contribution in [3.05, 3.63) is 90.1 Å². The van der Waals surface area contributed by atoms with Gasteiger partial charge in [-0.15, -0.1) is 0 Å². The molecule has 4 amide bonds. The van der Waals surface area contributed by atoms with Gasteiger partial charge in [0.05, 0.1) is 24.9 Å². The standard InChI is InChI=1S/C43H59N5O8/c1-27(49)43(8,9)56-40(54)48-36(42(5,6)7)38(52)46-33(25-28-16-12-11-13-17-28)34(50)26-31(45-37(51)35(41(2,3)4)47-39(53)55-10)24-29-19-21-30(22-20-29)32-18-14-15-23-44-32/h11-23,31,33-36,50H,24-26H2,1-10H3,(H,45,51)(H,46,52)(H,47,53)(H,48,54)/t31-,33-,34-,35+,36+/m0/s1. The molecule has 1 aromatic heterocycles. The van der Waals surface area contributed by atoms with Crippen LogP contribution in [-0.4, -0.2) is 82.9 Å². The van der Waals surface area contributed by atoms with E-state index in [1.165, 1.54) is 27.9 Å². The second-order valence-electron chi connectivity index (χ2n) is 16.8. The zero-order valence-electron chi connectivity index (χ0n) is 34.3. The van der Waals surface area contributed by atoms with Crippen molar-refractivity contribution in [2.24, 2.45) is 10.8 Å². The molecule has 0 fully saturated rings. The minimum atomic E-state index is -1.41. The highest BCUT2D eigenvalue weighted by Gasteiger charge is 2.39. The van der Waals surface area contributed by atoms with Crippen LogP contribution in [0.2, 0.25) is 0 Å². The van der Waals surface area contributed by atoms with E-state index in [1.54, 1.807) is 27.0 Å². The molecule has 0 saturated carbocycles. The minimum Gasteiger partial charge on any atom is -0.453 e. The monoisotopic (exact) mass is 773 g/mol. The first-order valence-electron chi connectivity index (χ1n) is 18.8. The van der Waals surface area contributed by atoms with Crippen LogP contribution in [-0.2, 0) is 36.7 Å². The summed E-state index contributed by atoms with van der Waals surface area (Å²) in [7, 11) is 1.22. The van der Waals surface area contributed by atoms with Crippen LogP contribution in [0.3, 0.4) is 0 Å². The summed E-state index contributed by atoms with van der Waals surface area (Å²) in [4.78, 5) is 69.7. The number of ether oxygens (including phenoxy) is 2. The van der Waals surface area contributed by atoms with Crippen molar-refractivity contribution < 1.29 is 38.6 Å². The molecule has 1 heterocycles. The summed E-state index contributed by atoms with van der Waals surface area (Å²) in [5.41, 5.74) is 0.490. The number of ketones is 1. The van der Waals surface area contributed by atoms with Crippen LogP contribution in [0.5, 0.6) is 0 Å². The largest absolute Gasteiger partial charge is 0.453 e. The summed E-state index contributed by atoms with van der Waals surface area (Å²) in [5.74, 6) is -1.41. The van der Waals surface area contributed by atoms with Crippen LogP contribution < -0.4 is 21.3 Å². The number of Topliss-reactive ketones (excluding diaryl/α,β-unsaturated/α-hetero) is 1. The molecule has 0 aliphatic carbocycles. The normalized spacial score (nSPS) is 14.6. The van der Waals surface area contributed by atoms with Gasteiger partial charge in [-0.25, -0.2) is 9.59 Å². The SMILES string of the molecule is COC(=O)N[C@H](C(=O)N[C@@H](Cc1ccc(-c2ccccn2)cc1)C[C@H](O)[C@H](Cc1ccccc1)NC(=O)[C@@H](NC(=O)OC(C)(C)C(C)=O)C(C)(C)C)C(C)(C)C. The van der Waals surface area contributed by atoms with Gasteiger partial charge in [-0.1, -0.05) is 102 Å². The topological polar surface area (TPSA) is 185 Å². The van der Waals surface area contributed by atoms with Crippen molar-refractivity contribution in [2.45, 2.75) is 117 Å². The number of hydrogen-bond acceptors (Lipinski definition) is 9. The highest BCUT2D eigenvalue weighted by Crippen LogP contribution is 2.24. The van der Waals surface area contributed by atoms with Gasteiger partial charge < -0.3 is 35.8 Å². The number of carbonyl (C=O) groups is 5. The lowest BCUT2D eigenvalue weighted by Gasteiger charge is -2.35. The number of rotatable bonds is 16. The van der Waals surface area contributed by atoms with Gasteiger partial charge in [0.15, 0.2) is 11.4 Å². The third-order valence-electron chi connectivity index (χ3n) is 9.52. The fraction of sp³-hybridized carbons (Fsp3) is 0.488. The van der Waals surface area contributed by atoms with Crippen molar-refractivity contribution in [3.63, 3.8) is 0 Å². The van der Waals surface area contributed by atoms with Crippen molar-refractivity contribution >= 4 is 29.8 Å². The van der Waals surface area contributed by atoms with E-state index in [4.69, 9.17) is 9.47 Å². The summed E-state index contributed by atoms with van der Waals surface area (Å²) in [6.45, 7) is 15.0. The Balaban J connectivity index is 1.96. The lowest BCUT2D eigenvalue weighted by Crippen LogP contribution is -2.59. The number of benzene rings is 2. The van der Waals surface area contributed by atoms with E-state index in [1.807, 2.05) is 93.6 Å². The molecule has 13 heteroatoms. The molecule has 0 spiro atoms. The van der Waals surface area contributed by atoms with E-state index in [2.05, 4.69) is 26.3 Å². The number of alkyl carbamates (subject to hydrolysis) is 2. The number of aliphatic hydroxyl groups excluding tert-OH is 1. The second kappa shape index (κ2) is 19.5. The zero-order chi connectivity index (χ0) is 41.8. The van der Waals surface area contributed by atoms with E-state index in [0.717, 1.165) is 22.4 Å². The average molecular weight is 774 g/mol. The molecule has 2 aromatic carbocycles. The van der Waals surface area contributed by atoms with Crippen LogP contribution >= 0.6 is 0 Å². The minimum absolute atomic E-state index is 0.00303. The predicted octanol–water partition coefficient (Wildman–Crippen LogP) is 5.53. The van der Waals surface area contributed by atoms with Crippen LogP contribution in [0.4, 0.5) is 9.59 Å². The first-order chi connectivity index (χ1) is 26.1. The molecular formula is C43H59N5O8. The molecule has 0 unspecified atom stereocenters. The highest BCUT2D eigenvalue weighted by atomic mass is 16.6. The summed E-state index contributed by atoms with van der Waals surface area (Å²) >= 11 is 0. The van der Waals surface area contributed by atoms with Crippen LogP contribution in [0.25, 0.3) is 11.3 Å². The molecule has 13 nitrogen and oxygen atoms in total. The van der Waals surface area contributed by atoms with Gasteiger partial charge in [-0.05, 0) is 74.1 Å². The molecule has 0 aliphatic rings. The number of hydrogen-bond donors (Lipinski definition) is 5. The van der Waals surface area contributed by atoms with Crippen molar-refractivity contribution in [3.8, 4) is 11.3 Å². The van der Waals surface area contributed by atoms with E-state index in [9.17, 15) is 29.1 Å². The van der Waals surface area contributed by atoms with Gasteiger partial charge >= 0.3 is 12.2 Å². The zero-order valence-corrected chi connectivity index (χ0v) is 34.3. The lowest BCUT2D eigenvalue weighted by molar-refractivity contribution is -0.132. The van der Waals surface area contributed by atoms with Gasteiger partial charge in [-0.2, -0.15) is 0 Å². The molecule has 5 N–H and O–H groups in total. The van der Waals surface area contributed by atoms with Crippen molar-refractivity contribution in [1.29, 1.82) is 0 Å². The van der Waals surface area contributed by atoms with Crippen molar-refractivity contribution in [1.82, 2.24) is 26.3 Å². The molecular weight excluding hydrogens is 714 g/mol. The lowest BCUT2D eigenvalue weighted by atomic mass is 9.85. The molecule has 5 atom stereocenters. The maximum Gasteiger partial charge on any atom is 0.408 e. The molecule has 304 valence electrons. The van der Waals surface area contributed by atoms with Crippen LogP contribution in [0.15, 0.2) is 79.0 Å². The number of carbonyl (C=O) groups excluding carboxylic acids is 5. The molecule has 0 bridgehead atoms. The highest BCUT2D eigenvalue weighted by molar-refractivity contribution is 5.89. The Kier molecular flexibility index (Phi) is 15.7. The van der Waals surface area contributed by atoms with Gasteiger partial charge in [0.1, 0.15) is 12.1 Å². The molecule has 56 heavy (non-hydrogen) atoms. The summed E-state index contributed by atoms with van der Waals surface area (Å²) < 4.78 is 10.2. The average Bonchev–Trinajstić information content (AvgIpc) is 3.12. The Hall–Kier alpha value is -5.30. The number of nitrogens with zero attached hydrogens (tertiary/aromatic N) is 1. The Morgan fingerprint density at radius 2 is 1.21 bits per heavy atom. The molecule has 3 rings (SSSR count).